The molecule has 1 saturated carbocycles. The van der Waals surface area contributed by atoms with Gasteiger partial charge in [-0.05, 0) is 37.5 Å². The van der Waals surface area contributed by atoms with E-state index in [0.717, 1.165) is 37.8 Å². The SMILES string of the molecule is NC(=O)N1CCCC(C(=O)N2CC3CCCCC3C2)C1. The van der Waals surface area contributed by atoms with Crippen LogP contribution in [-0.4, -0.2) is 47.9 Å². The monoisotopic (exact) mass is 279 g/mol. The standard InChI is InChI=1S/C15H25N3O2/c16-15(20)17-7-3-6-13(10-17)14(19)18-8-11-4-1-2-5-12(11)9-18/h11-13H,1-10H2,(H2,16,20). The number of carbonyl (C=O) groups is 2. The Morgan fingerprint density at radius 1 is 0.850 bits per heavy atom. The molecule has 3 amide bonds. The lowest BCUT2D eigenvalue weighted by Gasteiger charge is -2.33. The van der Waals surface area contributed by atoms with Crippen LogP contribution in [0.4, 0.5) is 4.79 Å². The number of amides is 3. The molecule has 2 saturated heterocycles. The number of fused-ring (bicyclic) bond motifs is 1. The van der Waals surface area contributed by atoms with Crippen LogP contribution in [-0.2, 0) is 4.79 Å². The number of nitrogens with zero attached hydrogens (tertiary/aromatic N) is 2. The molecule has 0 aromatic carbocycles. The van der Waals surface area contributed by atoms with Gasteiger partial charge in [-0.25, -0.2) is 4.79 Å². The van der Waals surface area contributed by atoms with E-state index < -0.39 is 6.03 Å². The molecule has 3 aliphatic rings. The van der Waals surface area contributed by atoms with Gasteiger partial charge >= 0.3 is 6.03 Å². The number of nitrogens with two attached hydrogens (primary N) is 1. The maximum atomic E-state index is 12.7. The van der Waals surface area contributed by atoms with Gasteiger partial charge < -0.3 is 15.5 Å². The highest BCUT2D eigenvalue weighted by molar-refractivity contribution is 5.81. The molecule has 0 bridgehead atoms. The molecular weight excluding hydrogens is 254 g/mol. The summed E-state index contributed by atoms with van der Waals surface area (Å²) in [6.45, 7) is 3.09. The van der Waals surface area contributed by atoms with E-state index >= 15 is 0 Å². The molecule has 0 aromatic rings. The fourth-order valence-electron chi connectivity index (χ4n) is 4.22. The summed E-state index contributed by atoms with van der Waals surface area (Å²) in [6, 6.07) is -0.391. The van der Waals surface area contributed by atoms with Crippen molar-refractivity contribution in [1.82, 2.24) is 9.80 Å². The average molecular weight is 279 g/mol. The van der Waals surface area contributed by atoms with Gasteiger partial charge in [-0.15, -0.1) is 0 Å². The van der Waals surface area contributed by atoms with Gasteiger partial charge in [0, 0.05) is 26.2 Å². The maximum Gasteiger partial charge on any atom is 0.314 e. The predicted octanol–water partition coefficient (Wildman–Crippen LogP) is 1.43. The van der Waals surface area contributed by atoms with E-state index in [-0.39, 0.29) is 11.8 Å². The third kappa shape index (κ3) is 2.63. The van der Waals surface area contributed by atoms with Crippen molar-refractivity contribution in [2.75, 3.05) is 26.2 Å². The van der Waals surface area contributed by atoms with Crippen LogP contribution < -0.4 is 5.73 Å². The minimum Gasteiger partial charge on any atom is -0.351 e. The highest BCUT2D eigenvalue weighted by Gasteiger charge is 2.39. The number of hydrogen-bond donors (Lipinski definition) is 1. The molecule has 3 rings (SSSR count). The van der Waals surface area contributed by atoms with Crippen molar-refractivity contribution in [2.24, 2.45) is 23.5 Å². The summed E-state index contributed by atoms with van der Waals surface area (Å²) < 4.78 is 0. The second-order valence-corrected chi connectivity index (χ2v) is 6.67. The van der Waals surface area contributed by atoms with Gasteiger partial charge in [0.1, 0.15) is 0 Å². The molecule has 5 heteroatoms. The van der Waals surface area contributed by atoms with Crippen LogP contribution in [0.1, 0.15) is 38.5 Å². The Hall–Kier alpha value is -1.26. The van der Waals surface area contributed by atoms with Crippen molar-refractivity contribution in [2.45, 2.75) is 38.5 Å². The summed E-state index contributed by atoms with van der Waals surface area (Å²) >= 11 is 0. The van der Waals surface area contributed by atoms with Crippen molar-refractivity contribution in [3.63, 3.8) is 0 Å². The smallest absolute Gasteiger partial charge is 0.314 e. The van der Waals surface area contributed by atoms with Crippen LogP contribution in [0.25, 0.3) is 0 Å². The third-order valence-corrected chi connectivity index (χ3v) is 5.37. The predicted molar refractivity (Wildman–Crippen MR) is 75.9 cm³/mol. The quantitative estimate of drug-likeness (QED) is 0.789. The van der Waals surface area contributed by atoms with E-state index in [1.165, 1.54) is 25.7 Å². The van der Waals surface area contributed by atoms with Crippen molar-refractivity contribution in [1.29, 1.82) is 0 Å². The first-order valence-corrected chi connectivity index (χ1v) is 7.98. The topological polar surface area (TPSA) is 66.6 Å². The number of urea groups is 1. The lowest BCUT2D eigenvalue weighted by Crippen LogP contribution is -2.48. The number of carbonyl (C=O) groups excluding carboxylic acids is 2. The number of piperidine rings is 1. The Morgan fingerprint density at radius 2 is 1.50 bits per heavy atom. The average Bonchev–Trinajstić information content (AvgIpc) is 2.90. The van der Waals surface area contributed by atoms with Gasteiger partial charge in [-0.3, -0.25) is 4.79 Å². The largest absolute Gasteiger partial charge is 0.351 e. The Balaban J connectivity index is 1.60. The summed E-state index contributed by atoms with van der Waals surface area (Å²) in [5.41, 5.74) is 5.34. The Morgan fingerprint density at radius 3 is 2.10 bits per heavy atom. The van der Waals surface area contributed by atoms with Crippen molar-refractivity contribution in [3.05, 3.63) is 0 Å². The summed E-state index contributed by atoms with van der Waals surface area (Å²) in [4.78, 5) is 27.6. The lowest BCUT2D eigenvalue weighted by molar-refractivity contribution is -0.136. The molecule has 112 valence electrons. The van der Waals surface area contributed by atoms with Crippen LogP contribution in [0, 0.1) is 17.8 Å². The zero-order valence-corrected chi connectivity index (χ0v) is 12.1. The van der Waals surface area contributed by atoms with Crippen molar-refractivity contribution >= 4 is 11.9 Å². The van der Waals surface area contributed by atoms with Crippen molar-refractivity contribution in [3.8, 4) is 0 Å². The Kier molecular flexibility index (Phi) is 3.85. The molecule has 3 fully saturated rings. The molecule has 2 aliphatic heterocycles. The molecule has 0 aromatic heterocycles. The molecular formula is C15H25N3O2. The number of likely N-dealkylation sites (tertiary alicyclic amines) is 2. The van der Waals surface area contributed by atoms with Gasteiger partial charge in [-0.2, -0.15) is 0 Å². The molecule has 20 heavy (non-hydrogen) atoms. The summed E-state index contributed by atoms with van der Waals surface area (Å²) in [7, 11) is 0. The molecule has 2 heterocycles. The summed E-state index contributed by atoms with van der Waals surface area (Å²) in [5.74, 6) is 1.67. The zero-order valence-electron chi connectivity index (χ0n) is 12.1. The van der Waals surface area contributed by atoms with Gasteiger partial charge in [-0.1, -0.05) is 12.8 Å². The van der Waals surface area contributed by atoms with Gasteiger partial charge in [0.15, 0.2) is 0 Å². The Bertz CT molecular complexity index is 385. The highest BCUT2D eigenvalue weighted by Crippen LogP contribution is 2.37. The zero-order chi connectivity index (χ0) is 14.1. The van der Waals surface area contributed by atoms with Crippen molar-refractivity contribution < 1.29 is 9.59 Å². The first-order valence-electron chi connectivity index (χ1n) is 7.98. The summed E-state index contributed by atoms with van der Waals surface area (Å²) in [5, 5.41) is 0. The molecule has 2 N–H and O–H groups in total. The molecule has 0 radical (unpaired) electrons. The van der Waals surface area contributed by atoms with Gasteiger partial charge in [0.05, 0.1) is 5.92 Å². The van der Waals surface area contributed by atoms with Crippen LogP contribution in [0.2, 0.25) is 0 Å². The lowest BCUT2D eigenvalue weighted by atomic mass is 9.82. The molecule has 0 spiro atoms. The minimum atomic E-state index is -0.391. The van der Waals surface area contributed by atoms with E-state index in [1.54, 1.807) is 4.90 Å². The second-order valence-electron chi connectivity index (χ2n) is 6.67. The van der Waals surface area contributed by atoms with E-state index in [2.05, 4.69) is 4.90 Å². The van der Waals surface area contributed by atoms with Gasteiger partial charge in [0.2, 0.25) is 5.91 Å². The first-order chi connectivity index (χ1) is 9.65. The summed E-state index contributed by atoms with van der Waals surface area (Å²) in [6.07, 6.45) is 7.00. The molecule has 3 unspecified atom stereocenters. The van der Waals surface area contributed by atoms with Crippen LogP contribution in [0.15, 0.2) is 0 Å². The van der Waals surface area contributed by atoms with Gasteiger partial charge in [0.25, 0.3) is 0 Å². The van der Waals surface area contributed by atoms with E-state index in [1.807, 2.05) is 0 Å². The number of rotatable bonds is 1. The first kappa shape index (κ1) is 13.7. The number of primary amides is 1. The van der Waals surface area contributed by atoms with E-state index in [9.17, 15) is 9.59 Å². The molecule has 3 atom stereocenters. The fraction of sp³-hybridized carbons (Fsp3) is 0.867. The van der Waals surface area contributed by atoms with Crippen LogP contribution in [0.5, 0.6) is 0 Å². The molecule has 5 nitrogen and oxygen atoms in total. The van der Waals surface area contributed by atoms with E-state index in [4.69, 9.17) is 5.73 Å². The van der Waals surface area contributed by atoms with E-state index in [0.29, 0.717) is 13.1 Å². The fourth-order valence-corrected chi connectivity index (χ4v) is 4.22. The second kappa shape index (κ2) is 5.62. The highest BCUT2D eigenvalue weighted by atomic mass is 16.2. The van der Waals surface area contributed by atoms with Crippen LogP contribution >= 0.6 is 0 Å². The third-order valence-electron chi connectivity index (χ3n) is 5.37. The minimum absolute atomic E-state index is 0.0311. The maximum absolute atomic E-state index is 12.7. The number of hydrogen-bond acceptors (Lipinski definition) is 2. The Labute approximate surface area is 120 Å². The normalized spacial score (nSPS) is 33.9. The molecule has 1 aliphatic carbocycles. The van der Waals surface area contributed by atoms with Crippen LogP contribution in [0.3, 0.4) is 0 Å².